The Morgan fingerprint density at radius 2 is 0.711 bits per heavy atom. The first-order valence-electron chi connectivity index (χ1n) is 14.5. The Kier molecular flexibility index (Phi) is 10.2. The summed E-state index contributed by atoms with van der Waals surface area (Å²) >= 11 is 0. The molecule has 8 bridgehead atoms. The maximum atomic E-state index is 4.63. The van der Waals surface area contributed by atoms with Gasteiger partial charge in [-0.3, -0.25) is 0 Å². The standard InChI is InChI=1S/C20H14N4.C13H10.C6H6.Fe.H4Si/c1-2-14-10-16-5-6-18(23-16)12-20-8-7-19(24-20)11-17-4-3-15(22-17)9-13(1)21-14;1-3-7-12-10(5-1)9-11-6-2-4-8-13(11)12;1-2-4-6-5-3-1;;/h1-12,21,24H;1-8H,9H2;1-6H;;1H4. The molecule has 3 aromatic carbocycles. The van der Waals surface area contributed by atoms with Crippen LogP contribution in [0.5, 0.6) is 0 Å². The van der Waals surface area contributed by atoms with E-state index in [1.54, 1.807) is 0 Å². The number of hydrogen-bond donors (Lipinski definition) is 2. The molecule has 0 unspecified atom stereocenters. The number of aromatic nitrogens is 4. The van der Waals surface area contributed by atoms with Gasteiger partial charge in [-0.2, -0.15) is 0 Å². The molecule has 45 heavy (non-hydrogen) atoms. The first-order chi connectivity index (χ1) is 21.2. The molecule has 4 nitrogen and oxygen atoms in total. The molecule has 6 aromatic rings. The minimum atomic E-state index is 0. The van der Waals surface area contributed by atoms with Gasteiger partial charge in [-0.05, 0) is 112 Å². The van der Waals surface area contributed by atoms with Crippen molar-refractivity contribution in [1.29, 1.82) is 0 Å². The van der Waals surface area contributed by atoms with Crippen LogP contribution in [0.2, 0.25) is 0 Å². The zero-order chi connectivity index (χ0) is 28.8. The normalized spacial score (nSPS) is 11.4. The van der Waals surface area contributed by atoms with Gasteiger partial charge in [-0.15, -0.1) is 0 Å². The molecule has 1 aliphatic carbocycles. The smallest absolute Gasteiger partial charge is 0.0658 e. The number of nitrogens with one attached hydrogen (secondary N) is 2. The van der Waals surface area contributed by atoms with Crippen molar-refractivity contribution in [2.45, 2.75) is 6.42 Å². The minimum absolute atomic E-state index is 0. The quantitative estimate of drug-likeness (QED) is 0.164. The van der Waals surface area contributed by atoms with E-state index >= 15 is 0 Å². The SMILES string of the molecule is C1=Cc2cc3ccc(cc4nc(cc5ccc(cc1n2)[nH]5)C=C4)[nH]3.[Fe].[SiH4].c1ccc2c(c1)Cc1ccccc1-2.c1ccccc1. The molecule has 9 rings (SSSR count). The van der Waals surface area contributed by atoms with Crippen molar-refractivity contribution in [2.75, 3.05) is 0 Å². The summed E-state index contributed by atoms with van der Waals surface area (Å²) < 4.78 is 0. The molecule has 0 atom stereocenters. The largest absolute Gasteiger partial charge is 0.355 e. The van der Waals surface area contributed by atoms with Crippen LogP contribution in [0.15, 0.2) is 133 Å². The van der Waals surface area contributed by atoms with Crippen molar-refractivity contribution in [3.05, 3.63) is 167 Å². The third-order valence-electron chi connectivity index (χ3n) is 7.41. The van der Waals surface area contributed by atoms with Crippen LogP contribution in [0, 0.1) is 0 Å². The van der Waals surface area contributed by atoms with Gasteiger partial charge in [-0.25, -0.2) is 9.97 Å². The predicted octanol–water partition coefficient (Wildman–Crippen LogP) is 8.15. The molecular formula is C39H34FeN4Si. The minimum Gasteiger partial charge on any atom is -0.355 e. The van der Waals surface area contributed by atoms with Gasteiger partial charge in [0, 0.05) is 39.1 Å². The Balaban J connectivity index is 0.000000160. The topological polar surface area (TPSA) is 57.4 Å². The van der Waals surface area contributed by atoms with Crippen LogP contribution in [0.25, 0.3) is 57.5 Å². The zero-order valence-corrected chi connectivity index (χ0v) is 25.1. The van der Waals surface area contributed by atoms with E-state index in [0.29, 0.717) is 0 Å². The Morgan fingerprint density at radius 3 is 1.04 bits per heavy atom. The fourth-order valence-corrected chi connectivity index (χ4v) is 5.41. The van der Waals surface area contributed by atoms with Crippen molar-refractivity contribution in [3.63, 3.8) is 0 Å². The molecule has 0 saturated carbocycles. The summed E-state index contributed by atoms with van der Waals surface area (Å²) in [5.41, 5.74) is 13.6. The van der Waals surface area contributed by atoms with Gasteiger partial charge >= 0.3 is 0 Å². The average molecular weight is 643 g/mol. The second-order valence-corrected chi connectivity index (χ2v) is 10.6. The summed E-state index contributed by atoms with van der Waals surface area (Å²) in [6.07, 6.45) is 9.19. The maximum absolute atomic E-state index is 4.63. The number of aromatic amines is 2. The van der Waals surface area contributed by atoms with E-state index in [1.165, 1.54) is 22.3 Å². The van der Waals surface area contributed by atoms with Gasteiger partial charge in [0.05, 0.1) is 22.8 Å². The first-order valence-corrected chi connectivity index (χ1v) is 14.5. The van der Waals surface area contributed by atoms with Crippen molar-refractivity contribution in [2.24, 2.45) is 0 Å². The van der Waals surface area contributed by atoms with E-state index in [2.05, 4.69) is 92.7 Å². The van der Waals surface area contributed by atoms with Gasteiger partial charge in [0.2, 0.25) is 0 Å². The van der Waals surface area contributed by atoms with Gasteiger partial charge < -0.3 is 9.97 Å². The zero-order valence-electron chi connectivity index (χ0n) is 24.0. The molecule has 5 heterocycles. The summed E-state index contributed by atoms with van der Waals surface area (Å²) in [5, 5.41) is 0. The van der Waals surface area contributed by atoms with Crippen molar-refractivity contribution in [1.82, 2.24) is 19.9 Å². The van der Waals surface area contributed by atoms with Crippen molar-refractivity contribution < 1.29 is 17.1 Å². The first kappa shape index (κ1) is 31.4. The molecule has 2 aliphatic heterocycles. The Labute approximate surface area is 278 Å². The van der Waals surface area contributed by atoms with E-state index in [4.69, 9.17) is 0 Å². The van der Waals surface area contributed by atoms with Crippen LogP contribution in [0.3, 0.4) is 0 Å². The molecule has 3 aromatic heterocycles. The second kappa shape index (κ2) is 14.6. The number of hydrogen-bond acceptors (Lipinski definition) is 2. The summed E-state index contributed by atoms with van der Waals surface area (Å²) in [6, 6.07) is 45.7. The molecule has 222 valence electrons. The van der Waals surface area contributed by atoms with Crippen LogP contribution in [-0.4, -0.2) is 30.9 Å². The van der Waals surface area contributed by atoms with Crippen molar-refractivity contribution >= 4 is 57.3 Å². The van der Waals surface area contributed by atoms with E-state index in [1.807, 2.05) is 85.0 Å². The average Bonchev–Trinajstić information content (AvgIpc) is 3.88. The molecule has 3 aliphatic rings. The number of benzene rings is 3. The van der Waals surface area contributed by atoms with E-state index in [-0.39, 0.29) is 28.0 Å². The van der Waals surface area contributed by atoms with E-state index in [0.717, 1.165) is 51.3 Å². The third-order valence-corrected chi connectivity index (χ3v) is 7.41. The predicted molar refractivity (Wildman–Crippen MR) is 191 cm³/mol. The fraction of sp³-hybridized carbons (Fsp3) is 0.0256. The van der Waals surface area contributed by atoms with Gasteiger partial charge in [0.15, 0.2) is 0 Å². The molecule has 6 heteroatoms. The summed E-state index contributed by atoms with van der Waals surface area (Å²) in [7, 11) is 0. The number of fused-ring (bicyclic) bond motifs is 11. The Hall–Kier alpha value is -5.00. The number of rotatable bonds is 0. The molecule has 0 saturated heterocycles. The Morgan fingerprint density at radius 1 is 0.400 bits per heavy atom. The molecular weight excluding hydrogens is 608 g/mol. The van der Waals surface area contributed by atoms with Gasteiger partial charge in [-0.1, -0.05) is 84.9 Å². The van der Waals surface area contributed by atoms with Crippen molar-refractivity contribution in [3.8, 4) is 11.1 Å². The van der Waals surface area contributed by atoms with E-state index in [9.17, 15) is 0 Å². The number of H-pyrrole nitrogens is 2. The summed E-state index contributed by atoms with van der Waals surface area (Å²) in [4.78, 5) is 16.0. The molecule has 0 amide bonds. The third kappa shape index (κ3) is 7.75. The molecule has 0 radical (unpaired) electrons. The second-order valence-electron chi connectivity index (χ2n) is 10.6. The summed E-state index contributed by atoms with van der Waals surface area (Å²) in [5.74, 6) is 0. The van der Waals surface area contributed by atoms with Gasteiger partial charge in [0.1, 0.15) is 0 Å². The Bertz CT molecular complexity index is 1880. The van der Waals surface area contributed by atoms with Crippen LogP contribution in [0.1, 0.15) is 33.9 Å². The fourth-order valence-electron chi connectivity index (χ4n) is 5.41. The molecule has 0 spiro atoms. The maximum Gasteiger partial charge on any atom is 0.0658 e. The summed E-state index contributed by atoms with van der Waals surface area (Å²) in [6.45, 7) is 0. The van der Waals surface area contributed by atoms with Crippen LogP contribution in [0.4, 0.5) is 0 Å². The van der Waals surface area contributed by atoms with Crippen LogP contribution < -0.4 is 0 Å². The van der Waals surface area contributed by atoms with E-state index < -0.39 is 0 Å². The molecule has 2 N–H and O–H groups in total. The molecule has 0 fully saturated rings. The number of nitrogens with zero attached hydrogens (tertiary/aromatic N) is 2. The van der Waals surface area contributed by atoms with Crippen LogP contribution >= 0.6 is 0 Å². The monoisotopic (exact) mass is 642 g/mol. The van der Waals surface area contributed by atoms with Crippen LogP contribution in [-0.2, 0) is 23.5 Å². The van der Waals surface area contributed by atoms with Gasteiger partial charge in [0.25, 0.3) is 0 Å².